The molecule has 1 amide bonds. The standard InChI is InChI=1S/C16H22N2O2/c1-12-2-4-14(5-3-12)20-15-6-8-18(9-7-15)16(19)13-10-17-11-13/h2-5,13,15,17H,6-11H2,1H3. The van der Waals surface area contributed by atoms with Gasteiger partial charge in [-0.2, -0.15) is 0 Å². The van der Waals surface area contributed by atoms with Crippen LogP contribution in [0.1, 0.15) is 18.4 Å². The minimum absolute atomic E-state index is 0.213. The predicted molar refractivity (Wildman–Crippen MR) is 77.8 cm³/mol. The first-order valence-corrected chi connectivity index (χ1v) is 7.45. The summed E-state index contributed by atoms with van der Waals surface area (Å²) in [5.74, 6) is 1.46. The van der Waals surface area contributed by atoms with Crippen molar-refractivity contribution in [3.05, 3.63) is 29.8 Å². The Morgan fingerprint density at radius 2 is 1.85 bits per heavy atom. The van der Waals surface area contributed by atoms with E-state index in [1.54, 1.807) is 0 Å². The number of benzene rings is 1. The van der Waals surface area contributed by atoms with Gasteiger partial charge in [0.2, 0.25) is 5.91 Å². The second-order valence-electron chi connectivity index (χ2n) is 5.81. The van der Waals surface area contributed by atoms with Gasteiger partial charge in [0.05, 0.1) is 5.92 Å². The molecule has 2 heterocycles. The van der Waals surface area contributed by atoms with Crippen molar-refractivity contribution >= 4 is 5.91 Å². The smallest absolute Gasteiger partial charge is 0.228 e. The summed E-state index contributed by atoms with van der Waals surface area (Å²) in [6.07, 6.45) is 2.10. The van der Waals surface area contributed by atoms with E-state index in [-0.39, 0.29) is 12.0 Å². The number of nitrogens with zero attached hydrogens (tertiary/aromatic N) is 1. The lowest BCUT2D eigenvalue weighted by Crippen LogP contribution is -2.54. The number of hydrogen-bond acceptors (Lipinski definition) is 3. The molecule has 3 rings (SSSR count). The third-order valence-electron chi connectivity index (χ3n) is 4.21. The molecule has 0 aliphatic carbocycles. The second kappa shape index (κ2) is 5.83. The highest BCUT2D eigenvalue weighted by molar-refractivity contribution is 5.80. The molecule has 0 atom stereocenters. The van der Waals surface area contributed by atoms with E-state index in [0.717, 1.165) is 44.8 Å². The van der Waals surface area contributed by atoms with Crippen LogP contribution in [0.25, 0.3) is 0 Å². The minimum atomic E-state index is 0.213. The fraction of sp³-hybridized carbons (Fsp3) is 0.562. The zero-order valence-electron chi connectivity index (χ0n) is 12.0. The van der Waals surface area contributed by atoms with E-state index in [9.17, 15) is 4.79 Å². The topological polar surface area (TPSA) is 41.6 Å². The zero-order valence-corrected chi connectivity index (χ0v) is 12.0. The molecule has 20 heavy (non-hydrogen) atoms. The summed E-state index contributed by atoms with van der Waals surface area (Å²) in [5, 5.41) is 3.15. The van der Waals surface area contributed by atoms with E-state index in [0.29, 0.717) is 5.91 Å². The van der Waals surface area contributed by atoms with Gasteiger partial charge in [0.25, 0.3) is 0 Å². The van der Waals surface area contributed by atoms with Gasteiger partial charge in [0.15, 0.2) is 0 Å². The molecule has 0 aromatic heterocycles. The van der Waals surface area contributed by atoms with Crippen LogP contribution in [0.4, 0.5) is 0 Å². The van der Waals surface area contributed by atoms with Crippen LogP contribution in [0.2, 0.25) is 0 Å². The number of ether oxygens (including phenoxy) is 1. The van der Waals surface area contributed by atoms with Crippen molar-refractivity contribution in [1.29, 1.82) is 0 Å². The SMILES string of the molecule is Cc1ccc(OC2CCN(C(=O)C3CNC3)CC2)cc1. The van der Waals surface area contributed by atoms with Crippen LogP contribution in [0.15, 0.2) is 24.3 Å². The van der Waals surface area contributed by atoms with Crippen molar-refractivity contribution in [2.45, 2.75) is 25.9 Å². The molecule has 2 aliphatic rings. The average molecular weight is 274 g/mol. The van der Waals surface area contributed by atoms with E-state index in [1.807, 2.05) is 17.0 Å². The fourth-order valence-electron chi connectivity index (χ4n) is 2.72. The Morgan fingerprint density at radius 1 is 1.20 bits per heavy atom. The molecule has 2 saturated heterocycles. The number of aryl methyl sites for hydroxylation is 1. The van der Waals surface area contributed by atoms with E-state index < -0.39 is 0 Å². The number of piperidine rings is 1. The minimum Gasteiger partial charge on any atom is -0.490 e. The van der Waals surface area contributed by atoms with Gasteiger partial charge in [-0.15, -0.1) is 0 Å². The van der Waals surface area contributed by atoms with Crippen molar-refractivity contribution < 1.29 is 9.53 Å². The van der Waals surface area contributed by atoms with E-state index >= 15 is 0 Å². The quantitative estimate of drug-likeness (QED) is 0.910. The molecule has 4 heteroatoms. The summed E-state index contributed by atoms with van der Waals surface area (Å²) < 4.78 is 5.99. The highest BCUT2D eigenvalue weighted by Crippen LogP contribution is 2.21. The number of rotatable bonds is 3. The lowest BCUT2D eigenvalue weighted by Gasteiger charge is -2.36. The van der Waals surface area contributed by atoms with Gasteiger partial charge < -0.3 is 15.0 Å². The third kappa shape index (κ3) is 2.96. The Labute approximate surface area is 120 Å². The van der Waals surface area contributed by atoms with Crippen LogP contribution in [0.3, 0.4) is 0 Å². The first-order chi connectivity index (χ1) is 9.72. The maximum atomic E-state index is 12.1. The predicted octanol–water partition coefficient (Wildman–Crippen LogP) is 1.58. The fourth-order valence-corrected chi connectivity index (χ4v) is 2.72. The van der Waals surface area contributed by atoms with Gasteiger partial charge in [0, 0.05) is 39.0 Å². The van der Waals surface area contributed by atoms with Gasteiger partial charge in [-0.3, -0.25) is 4.79 Å². The normalized spacial score (nSPS) is 20.6. The molecule has 2 fully saturated rings. The molecular weight excluding hydrogens is 252 g/mol. The summed E-state index contributed by atoms with van der Waals surface area (Å²) in [4.78, 5) is 14.1. The lowest BCUT2D eigenvalue weighted by atomic mass is 9.99. The molecule has 1 N–H and O–H groups in total. The van der Waals surface area contributed by atoms with Crippen LogP contribution in [-0.4, -0.2) is 43.1 Å². The van der Waals surface area contributed by atoms with Gasteiger partial charge in [-0.1, -0.05) is 17.7 Å². The molecule has 0 spiro atoms. The molecule has 0 unspecified atom stereocenters. The van der Waals surface area contributed by atoms with Gasteiger partial charge in [0.1, 0.15) is 11.9 Å². The molecular formula is C16H22N2O2. The van der Waals surface area contributed by atoms with Crippen LogP contribution in [-0.2, 0) is 4.79 Å². The highest BCUT2D eigenvalue weighted by Gasteiger charge is 2.31. The van der Waals surface area contributed by atoms with Gasteiger partial charge in [-0.05, 0) is 19.1 Å². The maximum absolute atomic E-state index is 12.1. The van der Waals surface area contributed by atoms with Crippen molar-refractivity contribution in [3.8, 4) is 5.75 Å². The third-order valence-corrected chi connectivity index (χ3v) is 4.21. The summed E-state index contributed by atoms with van der Waals surface area (Å²) >= 11 is 0. The Hall–Kier alpha value is -1.55. The molecule has 0 saturated carbocycles. The number of carbonyl (C=O) groups excluding carboxylic acids is 1. The molecule has 0 bridgehead atoms. The Kier molecular flexibility index (Phi) is 3.92. The monoisotopic (exact) mass is 274 g/mol. The second-order valence-corrected chi connectivity index (χ2v) is 5.81. The Bertz CT molecular complexity index is 460. The van der Waals surface area contributed by atoms with Crippen LogP contribution in [0, 0.1) is 12.8 Å². The van der Waals surface area contributed by atoms with Crippen LogP contribution < -0.4 is 10.1 Å². The lowest BCUT2D eigenvalue weighted by molar-refractivity contribution is -0.138. The van der Waals surface area contributed by atoms with Gasteiger partial charge in [-0.25, -0.2) is 0 Å². The maximum Gasteiger partial charge on any atom is 0.228 e. The highest BCUT2D eigenvalue weighted by atomic mass is 16.5. The number of likely N-dealkylation sites (tertiary alicyclic amines) is 1. The largest absolute Gasteiger partial charge is 0.490 e. The Morgan fingerprint density at radius 3 is 2.40 bits per heavy atom. The number of carbonyl (C=O) groups is 1. The van der Waals surface area contributed by atoms with E-state index in [4.69, 9.17) is 4.74 Å². The molecule has 1 aromatic carbocycles. The first kappa shape index (κ1) is 13.4. The summed E-state index contributed by atoms with van der Waals surface area (Å²) in [6.45, 7) is 5.41. The first-order valence-electron chi connectivity index (χ1n) is 7.45. The molecule has 4 nitrogen and oxygen atoms in total. The van der Waals surface area contributed by atoms with E-state index in [1.165, 1.54) is 5.56 Å². The van der Waals surface area contributed by atoms with Crippen molar-refractivity contribution in [3.63, 3.8) is 0 Å². The van der Waals surface area contributed by atoms with Crippen molar-refractivity contribution in [2.75, 3.05) is 26.2 Å². The number of hydrogen-bond donors (Lipinski definition) is 1. The molecule has 2 aliphatic heterocycles. The number of nitrogens with one attached hydrogen (secondary N) is 1. The Balaban J connectivity index is 1.48. The summed E-state index contributed by atoms with van der Waals surface area (Å²) in [7, 11) is 0. The van der Waals surface area contributed by atoms with Crippen LogP contribution in [0.5, 0.6) is 5.75 Å². The van der Waals surface area contributed by atoms with E-state index in [2.05, 4.69) is 24.4 Å². The van der Waals surface area contributed by atoms with Crippen molar-refractivity contribution in [2.24, 2.45) is 5.92 Å². The summed E-state index contributed by atoms with van der Waals surface area (Å²) in [5.41, 5.74) is 1.24. The molecule has 1 aromatic rings. The van der Waals surface area contributed by atoms with Crippen LogP contribution >= 0.6 is 0 Å². The molecule has 108 valence electrons. The van der Waals surface area contributed by atoms with Crippen molar-refractivity contribution in [1.82, 2.24) is 10.2 Å². The number of amides is 1. The van der Waals surface area contributed by atoms with Gasteiger partial charge >= 0.3 is 0 Å². The average Bonchev–Trinajstić information content (AvgIpc) is 2.40. The zero-order chi connectivity index (χ0) is 13.9. The molecule has 0 radical (unpaired) electrons. The summed E-state index contributed by atoms with van der Waals surface area (Å²) in [6, 6.07) is 8.18.